The van der Waals surface area contributed by atoms with E-state index in [-0.39, 0.29) is 40.9 Å². The number of aliphatic imine (C=N–C) groups is 1. The van der Waals surface area contributed by atoms with E-state index in [9.17, 15) is 8.42 Å². The summed E-state index contributed by atoms with van der Waals surface area (Å²) in [7, 11) is -1.02. The third-order valence-corrected chi connectivity index (χ3v) is 6.82. The van der Waals surface area contributed by atoms with Crippen LogP contribution in [0.15, 0.2) is 35.3 Å². The van der Waals surface area contributed by atoms with E-state index in [1.807, 2.05) is 0 Å². The minimum atomic E-state index is -2.80. The van der Waals surface area contributed by atoms with Gasteiger partial charge in [0.25, 0.3) is 0 Å². The Kier molecular flexibility index (Phi) is 7.72. The Morgan fingerprint density at radius 1 is 1.15 bits per heavy atom. The molecule has 8 heteroatoms. The molecule has 1 aromatic carbocycles. The number of guanidine groups is 1. The number of halogens is 1. The molecule has 2 fully saturated rings. The molecule has 0 amide bonds. The number of nitrogens with one attached hydrogen (secondary N) is 2. The third-order valence-electron chi connectivity index (χ3n) is 5.22. The van der Waals surface area contributed by atoms with Gasteiger partial charge in [-0.2, -0.15) is 0 Å². The second kappa shape index (κ2) is 9.36. The maximum absolute atomic E-state index is 11.5. The van der Waals surface area contributed by atoms with Gasteiger partial charge in [-0.3, -0.25) is 9.89 Å². The van der Waals surface area contributed by atoms with Gasteiger partial charge in [0, 0.05) is 45.2 Å². The Bertz CT molecular complexity index is 691. The molecule has 2 N–H and O–H groups in total. The number of nitrogens with zero attached hydrogens (tertiary/aromatic N) is 2. The van der Waals surface area contributed by atoms with Crippen LogP contribution in [0, 0.1) is 0 Å². The maximum atomic E-state index is 11.5. The highest BCUT2D eigenvalue weighted by atomic mass is 127. The molecule has 0 radical (unpaired) electrons. The average molecular weight is 492 g/mol. The molecule has 0 bridgehead atoms. The molecule has 6 nitrogen and oxygen atoms in total. The Morgan fingerprint density at radius 3 is 2.38 bits per heavy atom. The molecular formula is C18H29IN4O2S. The number of benzene rings is 1. The van der Waals surface area contributed by atoms with E-state index >= 15 is 0 Å². The van der Waals surface area contributed by atoms with Crippen LogP contribution in [0.25, 0.3) is 0 Å². The van der Waals surface area contributed by atoms with Crippen molar-refractivity contribution in [2.75, 3.05) is 51.3 Å². The quantitative estimate of drug-likeness (QED) is 0.355. The number of rotatable bonds is 6. The van der Waals surface area contributed by atoms with E-state index in [0.717, 1.165) is 25.6 Å². The summed E-state index contributed by atoms with van der Waals surface area (Å²) in [5.74, 6) is 1.37. The second-order valence-electron chi connectivity index (χ2n) is 6.99. The molecule has 0 atom stereocenters. The lowest BCUT2D eigenvalue weighted by molar-refractivity contribution is 0.299. The van der Waals surface area contributed by atoms with Crippen molar-refractivity contribution in [2.24, 2.45) is 4.99 Å². The van der Waals surface area contributed by atoms with Crippen LogP contribution >= 0.6 is 24.0 Å². The molecule has 0 spiro atoms. The van der Waals surface area contributed by atoms with Crippen LogP contribution in [-0.2, 0) is 15.3 Å². The molecule has 26 heavy (non-hydrogen) atoms. The standard InChI is InChI=1S/C18H28N4O2S.HI/c1-19-17(20-9-10-22-11-13-25(23,24)14-12-22)21-15-18(7-8-18)16-5-3-2-4-6-16;/h2-6H,7-15H2,1H3,(H2,19,20,21);1H. The van der Waals surface area contributed by atoms with Gasteiger partial charge < -0.3 is 10.6 Å². The smallest absolute Gasteiger partial charge is 0.191 e. The summed E-state index contributed by atoms with van der Waals surface area (Å²) < 4.78 is 22.9. The van der Waals surface area contributed by atoms with Crippen LogP contribution in [0.5, 0.6) is 0 Å². The maximum Gasteiger partial charge on any atom is 0.191 e. The van der Waals surface area contributed by atoms with Gasteiger partial charge in [-0.25, -0.2) is 8.42 Å². The van der Waals surface area contributed by atoms with Crippen LogP contribution in [0.4, 0.5) is 0 Å². The first kappa shape index (κ1) is 21.4. The molecule has 146 valence electrons. The van der Waals surface area contributed by atoms with E-state index in [0.29, 0.717) is 13.1 Å². The molecular weight excluding hydrogens is 463 g/mol. The van der Waals surface area contributed by atoms with E-state index in [2.05, 4.69) is 50.9 Å². The minimum absolute atomic E-state index is 0. The predicted octanol–water partition coefficient (Wildman–Crippen LogP) is 1.23. The first-order valence-corrected chi connectivity index (χ1v) is 10.8. The summed E-state index contributed by atoms with van der Waals surface area (Å²) in [5.41, 5.74) is 1.65. The Balaban J connectivity index is 0.00000243. The molecule has 1 aromatic rings. The van der Waals surface area contributed by atoms with Crippen LogP contribution in [-0.4, -0.2) is 70.6 Å². The van der Waals surface area contributed by atoms with Crippen LogP contribution in [0.1, 0.15) is 18.4 Å². The largest absolute Gasteiger partial charge is 0.356 e. The van der Waals surface area contributed by atoms with Gasteiger partial charge in [-0.05, 0) is 18.4 Å². The highest BCUT2D eigenvalue weighted by Gasteiger charge is 2.43. The zero-order valence-electron chi connectivity index (χ0n) is 15.3. The molecule has 1 saturated heterocycles. The van der Waals surface area contributed by atoms with Crippen molar-refractivity contribution in [1.82, 2.24) is 15.5 Å². The second-order valence-corrected chi connectivity index (χ2v) is 9.30. The Hall–Kier alpha value is -0.870. The van der Waals surface area contributed by atoms with E-state index in [1.165, 1.54) is 18.4 Å². The molecule has 1 aliphatic heterocycles. The normalized spacial score (nSPS) is 21.5. The Morgan fingerprint density at radius 2 is 1.81 bits per heavy atom. The summed E-state index contributed by atoms with van der Waals surface area (Å²) in [6.45, 7) is 3.75. The zero-order chi connectivity index (χ0) is 17.8. The number of sulfone groups is 1. The number of hydrogen-bond donors (Lipinski definition) is 2. The van der Waals surface area contributed by atoms with Crippen LogP contribution in [0.2, 0.25) is 0 Å². The monoisotopic (exact) mass is 492 g/mol. The fourth-order valence-electron chi connectivity index (χ4n) is 3.29. The fourth-order valence-corrected chi connectivity index (χ4v) is 4.57. The van der Waals surface area contributed by atoms with Crippen LogP contribution < -0.4 is 10.6 Å². The van der Waals surface area contributed by atoms with E-state index < -0.39 is 9.84 Å². The lowest BCUT2D eigenvalue weighted by atomic mass is 9.96. The summed E-state index contributed by atoms with van der Waals surface area (Å²) >= 11 is 0. The van der Waals surface area contributed by atoms with E-state index in [4.69, 9.17) is 0 Å². The van der Waals surface area contributed by atoms with Crippen molar-refractivity contribution in [2.45, 2.75) is 18.3 Å². The van der Waals surface area contributed by atoms with Gasteiger partial charge in [0.15, 0.2) is 15.8 Å². The van der Waals surface area contributed by atoms with Crippen molar-refractivity contribution in [3.63, 3.8) is 0 Å². The summed E-state index contributed by atoms with van der Waals surface area (Å²) in [6, 6.07) is 10.7. The highest BCUT2D eigenvalue weighted by Crippen LogP contribution is 2.47. The predicted molar refractivity (Wildman–Crippen MR) is 117 cm³/mol. The summed E-state index contributed by atoms with van der Waals surface area (Å²) in [5, 5.41) is 6.78. The lowest BCUT2D eigenvalue weighted by Crippen LogP contribution is -2.46. The van der Waals surface area contributed by atoms with Crippen LogP contribution in [0.3, 0.4) is 0 Å². The van der Waals surface area contributed by atoms with Gasteiger partial charge in [-0.1, -0.05) is 30.3 Å². The van der Waals surface area contributed by atoms with Crippen molar-refractivity contribution < 1.29 is 8.42 Å². The molecule has 0 unspecified atom stereocenters. The van der Waals surface area contributed by atoms with Gasteiger partial charge in [0.2, 0.25) is 0 Å². The molecule has 1 heterocycles. The Labute approximate surface area is 173 Å². The molecule has 3 rings (SSSR count). The van der Waals surface area contributed by atoms with Gasteiger partial charge in [0.1, 0.15) is 0 Å². The SMILES string of the molecule is CN=C(NCCN1CCS(=O)(=O)CC1)NCC1(c2ccccc2)CC1.I. The first-order valence-electron chi connectivity index (χ1n) is 8.96. The highest BCUT2D eigenvalue weighted by molar-refractivity contribution is 14.0. The van der Waals surface area contributed by atoms with Gasteiger partial charge in [-0.15, -0.1) is 24.0 Å². The van der Waals surface area contributed by atoms with Crippen molar-refractivity contribution in [3.8, 4) is 0 Å². The molecule has 2 aliphatic rings. The molecule has 1 aliphatic carbocycles. The third kappa shape index (κ3) is 5.82. The van der Waals surface area contributed by atoms with Gasteiger partial charge >= 0.3 is 0 Å². The summed E-state index contributed by atoms with van der Waals surface area (Å²) in [6.07, 6.45) is 2.42. The van der Waals surface area contributed by atoms with Crippen molar-refractivity contribution >= 4 is 39.8 Å². The zero-order valence-corrected chi connectivity index (χ0v) is 18.4. The summed E-state index contributed by atoms with van der Waals surface area (Å²) in [4.78, 5) is 6.49. The first-order chi connectivity index (χ1) is 12.0. The topological polar surface area (TPSA) is 73.8 Å². The number of hydrogen-bond acceptors (Lipinski definition) is 4. The van der Waals surface area contributed by atoms with Crippen molar-refractivity contribution in [1.29, 1.82) is 0 Å². The minimum Gasteiger partial charge on any atom is -0.356 e. The lowest BCUT2D eigenvalue weighted by Gasteiger charge is -2.27. The van der Waals surface area contributed by atoms with Crippen molar-refractivity contribution in [3.05, 3.63) is 35.9 Å². The van der Waals surface area contributed by atoms with Gasteiger partial charge in [0.05, 0.1) is 11.5 Å². The van der Waals surface area contributed by atoms with E-state index in [1.54, 1.807) is 7.05 Å². The fraction of sp³-hybridized carbons (Fsp3) is 0.611. The average Bonchev–Trinajstić information content (AvgIpc) is 3.41. The molecule has 1 saturated carbocycles. The molecule has 0 aromatic heterocycles.